The molecule has 2 aliphatic rings. The maximum absolute atomic E-state index is 15.4. The highest BCUT2D eigenvalue weighted by atomic mass is 28.3. The lowest BCUT2D eigenvalue weighted by molar-refractivity contribution is -0.136. The van der Waals surface area contributed by atoms with Gasteiger partial charge in [0.25, 0.3) is 11.8 Å². The lowest BCUT2D eigenvalue weighted by atomic mass is 9.87. The number of halogens is 2. The Hall–Kier alpha value is -4.04. The molecule has 1 fully saturated rings. The van der Waals surface area contributed by atoms with Gasteiger partial charge in [0.05, 0.1) is 30.3 Å². The molecule has 1 spiro atoms. The van der Waals surface area contributed by atoms with Crippen LogP contribution >= 0.6 is 0 Å². The molecule has 2 aliphatic heterocycles. The van der Waals surface area contributed by atoms with Gasteiger partial charge >= 0.3 is 6.09 Å². The van der Waals surface area contributed by atoms with Gasteiger partial charge in [-0.1, -0.05) is 19.6 Å². The fraction of sp³-hybridized carbons (Fsp3) is 0.500. The number of pyridine rings is 1. The number of likely N-dealkylation sites (tertiary alicyclic amines) is 1. The molecule has 1 atom stereocenters. The van der Waals surface area contributed by atoms with Crippen LogP contribution in [-0.4, -0.2) is 78.2 Å². The van der Waals surface area contributed by atoms with Gasteiger partial charge in [0.2, 0.25) is 0 Å². The number of anilines is 1. The fourth-order valence-electron chi connectivity index (χ4n) is 6.01. The smallest absolute Gasteiger partial charge is 0.413 e. The predicted octanol–water partition coefficient (Wildman–Crippen LogP) is 5.70. The van der Waals surface area contributed by atoms with E-state index in [4.69, 9.17) is 14.2 Å². The maximum Gasteiger partial charge on any atom is 0.413 e. The van der Waals surface area contributed by atoms with E-state index >= 15 is 4.39 Å². The fourth-order valence-corrected chi connectivity index (χ4v) is 6.77. The van der Waals surface area contributed by atoms with E-state index < -0.39 is 42.8 Å². The number of ether oxygens (including phenoxy) is 3. The first-order chi connectivity index (χ1) is 21.4. The zero-order valence-electron chi connectivity index (χ0n) is 27.5. The van der Waals surface area contributed by atoms with Gasteiger partial charge in [-0.05, 0) is 38.9 Å². The Kier molecular flexibility index (Phi) is 8.66. The molecule has 0 bridgehead atoms. The van der Waals surface area contributed by atoms with Gasteiger partial charge in [-0.3, -0.25) is 14.9 Å². The summed E-state index contributed by atoms with van der Waals surface area (Å²) in [5, 5.41) is 2.37. The van der Waals surface area contributed by atoms with Crippen molar-refractivity contribution in [2.75, 3.05) is 32.6 Å². The molecule has 2 aromatic heterocycles. The minimum Gasteiger partial charge on any atom is -0.496 e. The van der Waals surface area contributed by atoms with E-state index in [0.717, 1.165) is 12.1 Å². The number of amides is 3. The Morgan fingerprint density at radius 3 is 2.46 bits per heavy atom. The van der Waals surface area contributed by atoms with Gasteiger partial charge in [-0.2, -0.15) is 0 Å². The molecular weight excluding hydrogens is 616 g/mol. The number of benzene rings is 1. The SMILES string of the molecule is COc1cc(F)cc2c1C1(CCN(C)C1=O)N(Cc1cc3nc(NC(=O)OC(C)(C)C)c(F)cc3n1COCC[Si](C)(C)C)C2=O. The molecule has 0 saturated carbocycles. The number of rotatable bonds is 9. The molecule has 3 aromatic rings. The molecule has 4 heterocycles. The zero-order valence-corrected chi connectivity index (χ0v) is 28.5. The average molecular weight is 658 g/mol. The third kappa shape index (κ3) is 6.19. The van der Waals surface area contributed by atoms with Gasteiger partial charge in [-0.25, -0.2) is 18.6 Å². The highest BCUT2D eigenvalue weighted by Crippen LogP contribution is 2.51. The lowest BCUT2D eigenvalue weighted by Crippen LogP contribution is -2.49. The van der Waals surface area contributed by atoms with Crippen LogP contribution in [0.1, 0.15) is 48.8 Å². The van der Waals surface area contributed by atoms with E-state index in [2.05, 4.69) is 29.9 Å². The van der Waals surface area contributed by atoms with Crippen LogP contribution in [0.5, 0.6) is 5.75 Å². The number of carbonyl (C=O) groups excluding carboxylic acids is 3. The van der Waals surface area contributed by atoms with Crippen molar-refractivity contribution in [3.63, 3.8) is 0 Å². The van der Waals surface area contributed by atoms with Crippen molar-refractivity contribution < 1.29 is 37.4 Å². The summed E-state index contributed by atoms with van der Waals surface area (Å²) in [4.78, 5) is 47.7. The van der Waals surface area contributed by atoms with E-state index in [-0.39, 0.29) is 42.7 Å². The third-order valence-corrected chi connectivity index (χ3v) is 9.93. The van der Waals surface area contributed by atoms with Gasteiger partial charge in [0.15, 0.2) is 17.2 Å². The molecule has 3 amide bonds. The second-order valence-corrected chi connectivity index (χ2v) is 19.6. The molecule has 46 heavy (non-hydrogen) atoms. The van der Waals surface area contributed by atoms with Crippen LogP contribution in [0.25, 0.3) is 11.0 Å². The summed E-state index contributed by atoms with van der Waals surface area (Å²) in [7, 11) is 1.61. The van der Waals surface area contributed by atoms with Crippen LogP contribution in [0.4, 0.5) is 19.4 Å². The highest BCUT2D eigenvalue weighted by molar-refractivity contribution is 6.76. The first-order valence-electron chi connectivity index (χ1n) is 15.2. The molecule has 0 aliphatic carbocycles. The largest absolute Gasteiger partial charge is 0.496 e. The van der Waals surface area contributed by atoms with Crippen LogP contribution < -0.4 is 10.1 Å². The number of carbonyl (C=O) groups is 3. The number of fused-ring (bicyclic) bond motifs is 3. The van der Waals surface area contributed by atoms with E-state index in [1.54, 1.807) is 43.4 Å². The van der Waals surface area contributed by atoms with E-state index in [1.165, 1.54) is 24.1 Å². The van der Waals surface area contributed by atoms with E-state index in [9.17, 15) is 18.8 Å². The molecule has 0 radical (unpaired) electrons. The highest BCUT2D eigenvalue weighted by Gasteiger charge is 2.60. The minimum absolute atomic E-state index is 0.0249. The number of nitrogens with zero attached hydrogens (tertiary/aromatic N) is 4. The Bertz CT molecular complexity index is 1720. The number of hydrogen-bond donors (Lipinski definition) is 1. The minimum atomic E-state index is -1.43. The average Bonchev–Trinajstić information content (AvgIpc) is 3.51. The summed E-state index contributed by atoms with van der Waals surface area (Å²) in [5.74, 6) is -2.49. The second kappa shape index (κ2) is 12.0. The van der Waals surface area contributed by atoms with Gasteiger partial charge in [0.1, 0.15) is 23.9 Å². The Morgan fingerprint density at radius 1 is 1.13 bits per heavy atom. The number of hydrogen-bond acceptors (Lipinski definition) is 7. The number of aromatic nitrogens is 2. The van der Waals surface area contributed by atoms with Crippen molar-refractivity contribution in [3.05, 3.63) is 52.7 Å². The van der Waals surface area contributed by atoms with Crippen molar-refractivity contribution in [3.8, 4) is 5.75 Å². The summed E-state index contributed by atoms with van der Waals surface area (Å²) in [6, 6.07) is 6.12. The molecule has 1 aromatic carbocycles. The topological polar surface area (TPSA) is 115 Å². The van der Waals surface area contributed by atoms with Crippen LogP contribution in [0.2, 0.25) is 25.7 Å². The first-order valence-corrected chi connectivity index (χ1v) is 18.9. The molecule has 1 unspecified atom stereocenters. The Labute approximate surface area is 267 Å². The van der Waals surface area contributed by atoms with Crippen molar-refractivity contribution in [1.29, 1.82) is 0 Å². The Morgan fingerprint density at radius 2 is 1.85 bits per heavy atom. The van der Waals surface area contributed by atoms with Crippen LogP contribution in [0, 0.1) is 11.6 Å². The van der Waals surface area contributed by atoms with Crippen LogP contribution in [-0.2, 0) is 33.1 Å². The van der Waals surface area contributed by atoms with Gasteiger partial charge < -0.3 is 28.6 Å². The van der Waals surface area contributed by atoms with E-state index in [1.807, 2.05) is 0 Å². The summed E-state index contributed by atoms with van der Waals surface area (Å²) >= 11 is 0. The standard InChI is InChI=1S/C32H41F2N5O6Si/c1-31(2,3)45-30(42)36-27-22(34)16-24-23(35-27)15-20(38(24)18-44-11-12-46(6,7)8)17-39-28(40)21-13-19(33)14-25(43-5)26(21)32(39)9-10-37(4)29(32)41/h13-16H,9-12,17-18H2,1-8H3,(H,35,36,42). The van der Waals surface area contributed by atoms with Crippen molar-refractivity contribution in [2.45, 2.75) is 77.3 Å². The summed E-state index contributed by atoms with van der Waals surface area (Å²) in [6.07, 6.45) is -0.590. The lowest BCUT2D eigenvalue weighted by Gasteiger charge is -2.34. The Balaban J connectivity index is 1.59. The molecule has 1 N–H and O–H groups in total. The summed E-state index contributed by atoms with van der Waals surface area (Å²) < 4.78 is 48.6. The van der Waals surface area contributed by atoms with Crippen molar-refractivity contribution >= 4 is 42.8 Å². The number of likely N-dealkylation sites (N-methyl/N-ethyl adjacent to an activating group) is 1. The quantitative estimate of drug-likeness (QED) is 0.232. The van der Waals surface area contributed by atoms with Crippen LogP contribution in [0.3, 0.4) is 0 Å². The van der Waals surface area contributed by atoms with Crippen LogP contribution in [0.15, 0.2) is 24.3 Å². The van der Waals surface area contributed by atoms with Crippen molar-refractivity contribution in [1.82, 2.24) is 19.4 Å². The monoisotopic (exact) mass is 657 g/mol. The molecule has 5 rings (SSSR count). The zero-order chi connectivity index (χ0) is 33.8. The van der Waals surface area contributed by atoms with Gasteiger partial charge in [-0.15, -0.1) is 0 Å². The molecule has 11 nitrogen and oxygen atoms in total. The second-order valence-electron chi connectivity index (χ2n) is 14.0. The van der Waals surface area contributed by atoms with E-state index in [0.29, 0.717) is 35.4 Å². The molecular formula is C32H41F2N5O6Si. The third-order valence-electron chi connectivity index (χ3n) is 8.23. The molecule has 14 heteroatoms. The summed E-state index contributed by atoms with van der Waals surface area (Å²) in [5.41, 5.74) is -0.643. The normalized spacial score (nSPS) is 18.2. The number of methoxy groups -OCH3 is 1. The van der Waals surface area contributed by atoms with Crippen molar-refractivity contribution in [2.24, 2.45) is 0 Å². The molecule has 248 valence electrons. The number of nitrogens with one attached hydrogen (secondary N) is 1. The van der Waals surface area contributed by atoms with Gasteiger partial charge in [0, 0.05) is 58.1 Å². The predicted molar refractivity (Wildman–Crippen MR) is 170 cm³/mol. The first kappa shape index (κ1) is 33.3. The summed E-state index contributed by atoms with van der Waals surface area (Å²) in [6.45, 7) is 12.5. The maximum atomic E-state index is 15.4. The molecule has 1 saturated heterocycles.